The van der Waals surface area contributed by atoms with Crippen molar-refractivity contribution in [1.82, 2.24) is 5.32 Å². The molecule has 1 N–H and O–H groups in total. The third-order valence-corrected chi connectivity index (χ3v) is 4.91. The fourth-order valence-corrected chi connectivity index (χ4v) is 3.83. The van der Waals surface area contributed by atoms with Crippen molar-refractivity contribution in [3.8, 4) is 0 Å². The molecule has 0 aliphatic heterocycles. The molecule has 0 heterocycles. The van der Waals surface area contributed by atoms with E-state index in [0.29, 0.717) is 11.5 Å². The summed E-state index contributed by atoms with van der Waals surface area (Å²) in [4.78, 5) is 0. The average Bonchev–Trinajstić information content (AvgIpc) is 2.88. The van der Waals surface area contributed by atoms with Gasteiger partial charge >= 0.3 is 0 Å². The largest absolute Gasteiger partial charge is 0.309 e. The van der Waals surface area contributed by atoms with Gasteiger partial charge in [-0.3, -0.25) is 0 Å². The van der Waals surface area contributed by atoms with Gasteiger partial charge in [0.05, 0.1) is 0 Å². The van der Waals surface area contributed by atoms with Crippen LogP contribution in [0.2, 0.25) is 0 Å². The first-order valence-electron chi connectivity index (χ1n) is 8.12. The molecular weight excluding hydrogens is 249 g/mol. The highest BCUT2D eigenvalue weighted by atomic mass is 19.1. The Bertz CT molecular complexity index is 415. The molecule has 0 radical (unpaired) electrons. The smallest absolute Gasteiger partial charge is 0.123 e. The zero-order valence-electron chi connectivity index (χ0n) is 13.1. The van der Waals surface area contributed by atoms with E-state index in [-0.39, 0.29) is 5.82 Å². The van der Waals surface area contributed by atoms with Gasteiger partial charge in [-0.15, -0.1) is 0 Å². The highest BCUT2D eigenvalue weighted by molar-refractivity contribution is 5.28. The lowest BCUT2D eigenvalue weighted by atomic mass is 9.73. The van der Waals surface area contributed by atoms with Gasteiger partial charge in [-0.05, 0) is 67.8 Å². The Morgan fingerprint density at radius 3 is 2.45 bits per heavy atom. The molecule has 1 aliphatic rings. The highest BCUT2D eigenvalue weighted by Gasteiger charge is 2.40. The maximum atomic E-state index is 13.8. The van der Waals surface area contributed by atoms with Gasteiger partial charge in [-0.25, -0.2) is 4.39 Å². The third-order valence-electron chi connectivity index (χ3n) is 4.91. The summed E-state index contributed by atoms with van der Waals surface area (Å²) in [6.45, 7) is 7.46. The van der Waals surface area contributed by atoms with Gasteiger partial charge in [0, 0.05) is 6.04 Å². The van der Waals surface area contributed by atoms with Crippen LogP contribution in [0.15, 0.2) is 18.2 Å². The van der Waals surface area contributed by atoms with E-state index in [1.165, 1.54) is 32.1 Å². The molecule has 2 heteroatoms. The van der Waals surface area contributed by atoms with Crippen LogP contribution >= 0.6 is 0 Å². The van der Waals surface area contributed by atoms with Crippen molar-refractivity contribution in [2.75, 3.05) is 6.54 Å². The van der Waals surface area contributed by atoms with Gasteiger partial charge in [-0.1, -0.05) is 32.8 Å². The number of hydrogen-bond donors (Lipinski definition) is 1. The summed E-state index contributed by atoms with van der Waals surface area (Å²) in [5.74, 6) is -0.104. The van der Waals surface area contributed by atoms with Crippen LogP contribution in [-0.2, 0) is 0 Å². The van der Waals surface area contributed by atoms with E-state index in [2.05, 4.69) is 25.2 Å². The Kier molecular flexibility index (Phi) is 5.20. The quantitative estimate of drug-likeness (QED) is 0.758. The minimum absolute atomic E-state index is 0.104. The number of hydrogen-bond acceptors (Lipinski definition) is 1. The number of benzene rings is 1. The van der Waals surface area contributed by atoms with E-state index >= 15 is 0 Å². The minimum atomic E-state index is -0.104. The van der Waals surface area contributed by atoms with Crippen LogP contribution in [-0.4, -0.2) is 6.54 Å². The zero-order chi connectivity index (χ0) is 14.6. The number of aryl methyl sites for hydroxylation is 1. The van der Waals surface area contributed by atoms with Gasteiger partial charge < -0.3 is 5.32 Å². The Morgan fingerprint density at radius 1 is 1.20 bits per heavy atom. The molecule has 1 aliphatic carbocycles. The molecule has 1 nitrogen and oxygen atoms in total. The summed E-state index contributed by atoms with van der Waals surface area (Å²) in [5, 5.41) is 3.71. The van der Waals surface area contributed by atoms with Crippen molar-refractivity contribution in [3.63, 3.8) is 0 Å². The molecule has 0 saturated heterocycles. The third kappa shape index (κ3) is 3.22. The lowest BCUT2D eigenvalue weighted by Crippen LogP contribution is -2.36. The molecular formula is C18H28FN. The lowest BCUT2D eigenvalue weighted by Gasteiger charge is -2.38. The van der Waals surface area contributed by atoms with E-state index in [1.54, 1.807) is 12.1 Å². The maximum Gasteiger partial charge on any atom is 0.123 e. The number of halogens is 1. The van der Waals surface area contributed by atoms with Gasteiger partial charge in [0.15, 0.2) is 0 Å². The molecule has 1 fully saturated rings. The second kappa shape index (κ2) is 6.71. The molecule has 1 unspecified atom stereocenters. The molecule has 1 aromatic carbocycles. The monoisotopic (exact) mass is 277 g/mol. The van der Waals surface area contributed by atoms with Crippen molar-refractivity contribution in [1.29, 1.82) is 0 Å². The molecule has 0 aromatic heterocycles. The van der Waals surface area contributed by atoms with Crippen LogP contribution in [0.4, 0.5) is 4.39 Å². The second-order valence-corrected chi connectivity index (χ2v) is 6.37. The van der Waals surface area contributed by atoms with Crippen LogP contribution in [0.1, 0.15) is 69.5 Å². The summed E-state index contributed by atoms with van der Waals surface area (Å²) in [7, 11) is 0. The number of rotatable bonds is 6. The summed E-state index contributed by atoms with van der Waals surface area (Å²) in [6, 6.07) is 5.81. The first-order chi connectivity index (χ1) is 9.61. The Hall–Kier alpha value is -0.890. The first kappa shape index (κ1) is 15.5. The summed E-state index contributed by atoms with van der Waals surface area (Å²) >= 11 is 0. The average molecular weight is 277 g/mol. The fourth-order valence-electron chi connectivity index (χ4n) is 3.83. The zero-order valence-corrected chi connectivity index (χ0v) is 13.1. The summed E-state index contributed by atoms with van der Waals surface area (Å²) in [6.07, 6.45) is 7.44. The molecule has 112 valence electrons. The summed E-state index contributed by atoms with van der Waals surface area (Å²) < 4.78 is 13.8. The Labute approximate surface area is 123 Å². The molecule has 0 amide bonds. The van der Waals surface area contributed by atoms with Gasteiger partial charge in [0.2, 0.25) is 0 Å². The fraction of sp³-hybridized carbons (Fsp3) is 0.667. The molecule has 2 rings (SSSR count). The summed E-state index contributed by atoms with van der Waals surface area (Å²) in [5.41, 5.74) is 2.47. The van der Waals surface area contributed by atoms with Gasteiger partial charge in [0.25, 0.3) is 0 Å². The molecule has 1 aromatic rings. The van der Waals surface area contributed by atoms with Crippen molar-refractivity contribution < 1.29 is 4.39 Å². The van der Waals surface area contributed by atoms with Crippen LogP contribution in [0.5, 0.6) is 0 Å². The Morgan fingerprint density at radius 2 is 1.90 bits per heavy atom. The molecule has 20 heavy (non-hydrogen) atoms. The Balaban J connectivity index is 2.35. The highest BCUT2D eigenvalue weighted by Crippen LogP contribution is 2.50. The van der Waals surface area contributed by atoms with E-state index < -0.39 is 0 Å². The van der Waals surface area contributed by atoms with Gasteiger partial charge in [-0.2, -0.15) is 0 Å². The van der Waals surface area contributed by atoms with Crippen LogP contribution in [0.25, 0.3) is 0 Å². The van der Waals surface area contributed by atoms with Crippen molar-refractivity contribution in [3.05, 3.63) is 35.1 Å². The van der Waals surface area contributed by atoms with Gasteiger partial charge in [0.1, 0.15) is 5.82 Å². The van der Waals surface area contributed by atoms with E-state index in [1.807, 2.05) is 6.92 Å². The topological polar surface area (TPSA) is 12.0 Å². The second-order valence-electron chi connectivity index (χ2n) is 6.37. The van der Waals surface area contributed by atoms with Crippen molar-refractivity contribution in [2.45, 2.75) is 65.3 Å². The SMILES string of the molecule is CCCNC(c1cc(C)cc(F)c1)C1(CC)CCCC1. The van der Waals surface area contributed by atoms with E-state index in [4.69, 9.17) is 0 Å². The van der Waals surface area contributed by atoms with Crippen molar-refractivity contribution in [2.24, 2.45) is 5.41 Å². The van der Waals surface area contributed by atoms with E-state index in [0.717, 1.165) is 24.1 Å². The van der Waals surface area contributed by atoms with Crippen LogP contribution in [0.3, 0.4) is 0 Å². The maximum absolute atomic E-state index is 13.8. The first-order valence-corrected chi connectivity index (χ1v) is 8.12. The predicted molar refractivity (Wildman–Crippen MR) is 83.4 cm³/mol. The number of nitrogens with one attached hydrogen (secondary N) is 1. The van der Waals surface area contributed by atoms with Crippen LogP contribution in [0, 0.1) is 18.2 Å². The minimum Gasteiger partial charge on any atom is -0.309 e. The molecule has 1 saturated carbocycles. The predicted octanol–water partition coefficient (Wildman–Crippen LogP) is 5.15. The van der Waals surface area contributed by atoms with Crippen molar-refractivity contribution >= 4 is 0 Å². The normalized spacial score (nSPS) is 19.2. The molecule has 1 atom stereocenters. The standard InChI is InChI=1S/C18H28FN/c1-4-10-20-17(18(5-2)8-6-7-9-18)15-11-14(3)12-16(19)13-15/h11-13,17,20H,4-10H2,1-3H3. The molecule has 0 bridgehead atoms. The molecule has 0 spiro atoms. The lowest BCUT2D eigenvalue weighted by molar-refractivity contribution is 0.187. The van der Waals surface area contributed by atoms with E-state index in [9.17, 15) is 4.39 Å². The van der Waals surface area contributed by atoms with Crippen LogP contribution < -0.4 is 5.32 Å².